The van der Waals surface area contributed by atoms with Gasteiger partial charge in [-0.15, -0.1) is 0 Å². The summed E-state index contributed by atoms with van der Waals surface area (Å²) in [6.45, 7) is 0. The second-order valence-corrected chi connectivity index (χ2v) is 2.52. The van der Waals surface area contributed by atoms with Gasteiger partial charge in [0, 0.05) is 6.20 Å². The first-order valence-corrected chi connectivity index (χ1v) is 3.33. The van der Waals surface area contributed by atoms with Gasteiger partial charge in [-0.2, -0.15) is 4.73 Å². The van der Waals surface area contributed by atoms with E-state index in [9.17, 15) is 0 Å². The van der Waals surface area contributed by atoms with Crippen LogP contribution in [0.25, 0.3) is 11.2 Å². The van der Waals surface area contributed by atoms with Crippen molar-refractivity contribution in [3.8, 4) is 0 Å². The topological polar surface area (TPSA) is 50.9 Å². The quantitative estimate of drug-likeness (QED) is 0.606. The average Bonchev–Trinajstić information content (AvgIpc) is 2.33. The smallest absolute Gasteiger partial charge is 0.181 e. The summed E-state index contributed by atoms with van der Waals surface area (Å²) in [5, 5.41) is 9.57. The van der Waals surface area contributed by atoms with Gasteiger partial charge < -0.3 is 5.21 Å². The van der Waals surface area contributed by atoms with E-state index in [1.807, 2.05) is 0 Å². The molecule has 5 heteroatoms. The van der Waals surface area contributed by atoms with E-state index in [4.69, 9.17) is 16.8 Å². The van der Waals surface area contributed by atoms with Crippen molar-refractivity contribution in [3.63, 3.8) is 0 Å². The van der Waals surface area contributed by atoms with Gasteiger partial charge in [0.1, 0.15) is 11.8 Å². The van der Waals surface area contributed by atoms with Crippen molar-refractivity contribution in [1.29, 1.82) is 0 Å². The standard InChI is InChI=1S/C6H4ClN3O/c7-4-1-5-6(8-2-4)9-3-10(5)11/h1-3,11H. The minimum atomic E-state index is 0.480. The second-order valence-electron chi connectivity index (χ2n) is 2.09. The predicted octanol–water partition coefficient (Wildman–Crippen LogP) is 1.32. The Hall–Kier alpha value is -1.29. The number of imidazole rings is 1. The van der Waals surface area contributed by atoms with E-state index in [2.05, 4.69) is 9.97 Å². The van der Waals surface area contributed by atoms with Crippen LogP contribution < -0.4 is 0 Å². The summed E-state index contributed by atoms with van der Waals surface area (Å²) < 4.78 is 0.883. The summed E-state index contributed by atoms with van der Waals surface area (Å²) in [5.74, 6) is 0. The maximum atomic E-state index is 9.09. The van der Waals surface area contributed by atoms with E-state index < -0.39 is 0 Å². The van der Waals surface area contributed by atoms with Gasteiger partial charge in [0.2, 0.25) is 0 Å². The van der Waals surface area contributed by atoms with Crippen molar-refractivity contribution >= 4 is 22.8 Å². The van der Waals surface area contributed by atoms with Crippen LogP contribution in [0.15, 0.2) is 18.6 Å². The molecular formula is C6H4ClN3O. The monoisotopic (exact) mass is 169 g/mol. The third-order valence-electron chi connectivity index (χ3n) is 1.35. The van der Waals surface area contributed by atoms with Gasteiger partial charge in [-0.25, -0.2) is 9.97 Å². The zero-order chi connectivity index (χ0) is 7.84. The molecule has 4 nitrogen and oxygen atoms in total. The molecule has 2 aromatic heterocycles. The molecule has 0 aliphatic heterocycles. The number of hydrogen-bond acceptors (Lipinski definition) is 3. The molecule has 11 heavy (non-hydrogen) atoms. The van der Waals surface area contributed by atoms with Crippen LogP contribution in [0.1, 0.15) is 0 Å². The predicted molar refractivity (Wildman–Crippen MR) is 39.7 cm³/mol. The van der Waals surface area contributed by atoms with E-state index >= 15 is 0 Å². The summed E-state index contributed by atoms with van der Waals surface area (Å²) >= 11 is 5.63. The normalized spacial score (nSPS) is 10.6. The van der Waals surface area contributed by atoms with Crippen molar-refractivity contribution in [3.05, 3.63) is 23.6 Å². The summed E-state index contributed by atoms with van der Waals surface area (Å²) in [4.78, 5) is 7.68. The lowest BCUT2D eigenvalue weighted by Gasteiger charge is -1.91. The van der Waals surface area contributed by atoms with Gasteiger partial charge in [0.25, 0.3) is 0 Å². The van der Waals surface area contributed by atoms with Crippen LogP contribution in [0, 0.1) is 0 Å². The molecule has 0 amide bonds. The van der Waals surface area contributed by atoms with Crippen LogP contribution in [0.5, 0.6) is 0 Å². The maximum absolute atomic E-state index is 9.09. The van der Waals surface area contributed by atoms with Crippen LogP contribution in [0.2, 0.25) is 5.02 Å². The largest absolute Gasteiger partial charge is 0.427 e. The lowest BCUT2D eigenvalue weighted by molar-refractivity contribution is 0.198. The third-order valence-corrected chi connectivity index (χ3v) is 1.56. The van der Waals surface area contributed by atoms with E-state index in [0.29, 0.717) is 16.2 Å². The van der Waals surface area contributed by atoms with Crippen molar-refractivity contribution in [2.24, 2.45) is 0 Å². The number of hydrogen-bond donors (Lipinski definition) is 1. The number of pyridine rings is 1. The fourth-order valence-corrected chi connectivity index (χ4v) is 1.01. The molecule has 2 aromatic rings. The summed E-state index contributed by atoms with van der Waals surface area (Å²) in [7, 11) is 0. The van der Waals surface area contributed by atoms with Crippen molar-refractivity contribution < 1.29 is 5.21 Å². The molecule has 0 aromatic carbocycles. The van der Waals surface area contributed by atoms with Gasteiger partial charge in [0.15, 0.2) is 5.65 Å². The molecule has 0 saturated heterocycles. The molecule has 0 bridgehead atoms. The highest BCUT2D eigenvalue weighted by molar-refractivity contribution is 6.30. The average molecular weight is 170 g/mol. The molecule has 0 saturated carbocycles. The first kappa shape index (κ1) is 6.42. The Morgan fingerprint density at radius 2 is 2.27 bits per heavy atom. The molecule has 0 atom stereocenters. The maximum Gasteiger partial charge on any atom is 0.181 e. The molecule has 2 heterocycles. The molecule has 56 valence electrons. The van der Waals surface area contributed by atoms with Gasteiger partial charge in [-0.3, -0.25) is 0 Å². The SMILES string of the molecule is On1cnc2ncc(Cl)cc21. The van der Waals surface area contributed by atoms with Crippen molar-refractivity contribution in [2.45, 2.75) is 0 Å². The fraction of sp³-hybridized carbons (Fsp3) is 0. The molecule has 0 radical (unpaired) electrons. The van der Waals surface area contributed by atoms with Gasteiger partial charge in [-0.1, -0.05) is 11.6 Å². The Morgan fingerprint density at radius 3 is 3.09 bits per heavy atom. The van der Waals surface area contributed by atoms with Gasteiger partial charge in [-0.05, 0) is 6.07 Å². The zero-order valence-electron chi connectivity index (χ0n) is 5.40. The lowest BCUT2D eigenvalue weighted by Crippen LogP contribution is -1.85. The van der Waals surface area contributed by atoms with Crippen LogP contribution in [-0.2, 0) is 0 Å². The van der Waals surface area contributed by atoms with E-state index in [1.165, 1.54) is 12.5 Å². The number of rotatable bonds is 0. The van der Waals surface area contributed by atoms with Crippen molar-refractivity contribution in [1.82, 2.24) is 14.7 Å². The number of halogens is 1. The Kier molecular flexibility index (Phi) is 1.22. The molecule has 0 fully saturated rings. The number of aromatic nitrogens is 3. The molecular weight excluding hydrogens is 166 g/mol. The Morgan fingerprint density at radius 1 is 1.45 bits per heavy atom. The van der Waals surface area contributed by atoms with Gasteiger partial charge in [0.05, 0.1) is 5.02 Å². The summed E-state index contributed by atoms with van der Waals surface area (Å²) in [6.07, 6.45) is 2.75. The summed E-state index contributed by atoms with van der Waals surface area (Å²) in [6, 6.07) is 1.59. The zero-order valence-corrected chi connectivity index (χ0v) is 6.15. The Labute approximate surface area is 67.0 Å². The highest BCUT2D eigenvalue weighted by Gasteiger charge is 2.01. The third kappa shape index (κ3) is 0.914. The molecule has 0 aliphatic carbocycles. The number of nitrogens with zero attached hydrogens (tertiary/aromatic N) is 3. The Balaban J connectivity index is 2.87. The molecule has 1 N–H and O–H groups in total. The van der Waals surface area contributed by atoms with Gasteiger partial charge >= 0.3 is 0 Å². The fourth-order valence-electron chi connectivity index (χ4n) is 0.861. The highest BCUT2D eigenvalue weighted by atomic mass is 35.5. The van der Waals surface area contributed by atoms with E-state index in [1.54, 1.807) is 6.07 Å². The van der Waals surface area contributed by atoms with Crippen LogP contribution >= 0.6 is 11.6 Å². The van der Waals surface area contributed by atoms with E-state index in [0.717, 1.165) is 4.73 Å². The minimum Gasteiger partial charge on any atom is -0.427 e. The minimum absolute atomic E-state index is 0.480. The first-order valence-electron chi connectivity index (χ1n) is 2.95. The summed E-state index contributed by atoms with van der Waals surface area (Å²) in [5.41, 5.74) is 0.995. The van der Waals surface area contributed by atoms with Crippen LogP contribution in [-0.4, -0.2) is 19.9 Å². The second kappa shape index (κ2) is 2.10. The Bertz CT molecular complexity index is 398. The molecule has 2 rings (SSSR count). The molecule has 0 spiro atoms. The lowest BCUT2D eigenvalue weighted by atomic mass is 10.4. The van der Waals surface area contributed by atoms with Crippen LogP contribution in [0.4, 0.5) is 0 Å². The number of fused-ring (bicyclic) bond motifs is 1. The van der Waals surface area contributed by atoms with Crippen LogP contribution in [0.3, 0.4) is 0 Å². The van der Waals surface area contributed by atoms with Crippen molar-refractivity contribution in [2.75, 3.05) is 0 Å². The first-order chi connectivity index (χ1) is 5.27. The molecule has 0 aliphatic rings. The highest BCUT2D eigenvalue weighted by Crippen LogP contribution is 2.13. The van der Waals surface area contributed by atoms with E-state index in [-0.39, 0.29) is 0 Å². The molecule has 0 unspecified atom stereocenters.